The number of rotatable bonds is 5. The van der Waals surface area contributed by atoms with Crippen LogP contribution in [0, 0.1) is 5.82 Å². The van der Waals surface area contributed by atoms with E-state index in [2.05, 4.69) is 22.0 Å². The minimum atomic E-state index is -0.413. The number of hydrogen-bond donors (Lipinski definition) is 1. The van der Waals surface area contributed by atoms with Gasteiger partial charge in [0.15, 0.2) is 0 Å². The highest BCUT2D eigenvalue weighted by molar-refractivity contribution is 5.95. The Morgan fingerprint density at radius 2 is 1.84 bits per heavy atom. The van der Waals surface area contributed by atoms with Gasteiger partial charge in [-0.15, -0.1) is 0 Å². The second-order valence-corrected chi connectivity index (χ2v) is 8.36. The molecule has 0 bridgehead atoms. The number of hydrogen-bond acceptors (Lipinski definition) is 4. The molecule has 1 amide bonds. The van der Waals surface area contributed by atoms with E-state index in [1.54, 1.807) is 23.2 Å². The van der Waals surface area contributed by atoms with E-state index in [0.29, 0.717) is 25.2 Å². The zero-order chi connectivity index (χ0) is 21.4. The van der Waals surface area contributed by atoms with Crippen LogP contribution in [0.3, 0.4) is 0 Å². The summed E-state index contributed by atoms with van der Waals surface area (Å²) < 4.78 is 13.6. The number of aliphatic hydroxyl groups excluding tert-OH is 1. The van der Waals surface area contributed by atoms with Crippen LogP contribution in [0.1, 0.15) is 27.5 Å². The number of nitrogens with zero attached hydrogens (tertiary/aromatic N) is 3. The second-order valence-electron chi connectivity index (χ2n) is 8.36. The topological polar surface area (TPSA) is 56.7 Å². The van der Waals surface area contributed by atoms with Gasteiger partial charge < -0.3 is 10.0 Å². The maximum atomic E-state index is 13.6. The number of likely N-dealkylation sites (tertiary alicyclic amines) is 2. The zero-order valence-corrected chi connectivity index (χ0v) is 17.1. The molecule has 3 heterocycles. The summed E-state index contributed by atoms with van der Waals surface area (Å²) in [5.74, 6) is -0.467. The molecule has 5 nitrogen and oxygen atoms in total. The van der Waals surface area contributed by atoms with Crippen LogP contribution >= 0.6 is 0 Å². The quantitative estimate of drug-likeness (QED) is 0.693. The van der Waals surface area contributed by atoms with Gasteiger partial charge in [-0.05, 0) is 35.9 Å². The predicted molar refractivity (Wildman–Crippen MR) is 115 cm³/mol. The molecule has 2 fully saturated rings. The van der Waals surface area contributed by atoms with Gasteiger partial charge >= 0.3 is 0 Å². The Balaban J connectivity index is 1.43. The average molecular weight is 417 g/mol. The van der Waals surface area contributed by atoms with E-state index in [9.17, 15) is 14.3 Å². The number of carbonyl (C=O) groups excluding carboxylic acids is 1. The number of pyridine rings is 1. The van der Waals surface area contributed by atoms with Gasteiger partial charge in [0, 0.05) is 43.4 Å². The van der Waals surface area contributed by atoms with Crippen LogP contribution in [0.25, 0.3) is 0 Å². The van der Waals surface area contributed by atoms with Gasteiger partial charge in [0.25, 0.3) is 5.91 Å². The Labute approximate surface area is 180 Å². The lowest BCUT2D eigenvalue weighted by atomic mass is 9.60. The van der Waals surface area contributed by atoms with Crippen molar-refractivity contribution in [3.05, 3.63) is 102 Å². The van der Waals surface area contributed by atoms with E-state index in [-0.39, 0.29) is 30.0 Å². The van der Waals surface area contributed by atoms with Crippen molar-refractivity contribution in [2.24, 2.45) is 0 Å². The van der Waals surface area contributed by atoms with Crippen LogP contribution in [-0.2, 0) is 6.54 Å². The van der Waals surface area contributed by atoms with Crippen molar-refractivity contribution in [3.8, 4) is 0 Å². The van der Waals surface area contributed by atoms with E-state index < -0.39 is 5.82 Å². The first-order chi connectivity index (χ1) is 15.1. The molecular weight excluding hydrogens is 393 g/mol. The number of amides is 1. The molecule has 2 aliphatic heterocycles. The minimum absolute atomic E-state index is 0.0337. The number of carbonyl (C=O) groups is 1. The van der Waals surface area contributed by atoms with Crippen LogP contribution in [-0.4, -0.2) is 57.1 Å². The van der Waals surface area contributed by atoms with Crippen molar-refractivity contribution in [2.75, 3.05) is 19.7 Å². The summed E-state index contributed by atoms with van der Waals surface area (Å²) in [6.07, 6.45) is 1.77. The lowest BCUT2D eigenvalue weighted by Crippen LogP contribution is -2.84. The Morgan fingerprint density at radius 3 is 2.52 bits per heavy atom. The minimum Gasteiger partial charge on any atom is -0.395 e. The smallest absolute Gasteiger partial charge is 0.254 e. The Bertz CT molecular complexity index is 1070. The summed E-state index contributed by atoms with van der Waals surface area (Å²) in [6.45, 7) is 1.71. The third-order valence-electron chi connectivity index (χ3n) is 6.63. The molecule has 0 radical (unpaired) electrons. The SMILES string of the molecule is O=C(c1cccc(F)c1)N1CC2(C1)[C@H](c1ccccc1)[C@H](CO)N2Cc1ccccn1. The van der Waals surface area contributed by atoms with Gasteiger partial charge in [0.2, 0.25) is 0 Å². The first-order valence-corrected chi connectivity index (χ1v) is 10.5. The Kier molecular flexibility index (Phi) is 5.04. The summed E-state index contributed by atoms with van der Waals surface area (Å²) in [5, 5.41) is 10.2. The highest BCUT2D eigenvalue weighted by Gasteiger charge is 2.66. The van der Waals surface area contributed by atoms with Crippen molar-refractivity contribution in [2.45, 2.75) is 24.0 Å². The highest BCUT2D eigenvalue weighted by atomic mass is 19.1. The van der Waals surface area contributed by atoms with E-state index in [1.807, 2.05) is 36.4 Å². The average Bonchev–Trinajstić information content (AvgIpc) is 2.77. The van der Waals surface area contributed by atoms with Crippen molar-refractivity contribution in [3.63, 3.8) is 0 Å². The van der Waals surface area contributed by atoms with Gasteiger partial charge in [0.1, 0.15) is 5.82 Å². The number of benzene rings is 2. The molecule has 1 aromatic heterocycles. The summed E-state index contributed by atoms with van der Waals surface area (Å²) in [6, 6.07) is 21.8. The summed E-state index contributed by atoms with van der Waals surface area (Å²) in [4.78, 5) is 21.4. The van der Waals surface area contributed by atoms with Crippen LogP contribution in [0.4, 0.5) is 4.39 Å². The first kappa shape index (κ1) is 19.8. The predicted octanol–water partition coefficient (Wildman–Crippen LogP) is 3.08. The van der Waals surface area contributed by atoms with Crippen molar-refractivity contribution < 1.29 is 14.3 Å². The maximum absolute atomic E-state index is 13.6. The largest absolute Gasteiger partial charge is 0.395 e. The molecule has 2 saturated heterocycles. The third kappa shape index (κ3) is 3.32. The number of aromatic nitrogens is 1. The molecule has 158 valence electrons. The summed E-state index contributed by atoms with van der Waals surface area (Å²) in [7, 11) is 0. The molecule has 6 heteroatoms. The molecule has 2 atom stereocenters. The van der Waals surface area contributed by atoms with E-state index in [4.69, 9.17) is 0 Å². The van der Waals surface area contributed by atoms with E-state index in [0.717, 1.165) is 11.3 Å². The zero-order valence-electron chi connectivity index (χ0n) is 17.1. The lowest BCUT2D eigenvalue weighted by Gasteiger charge is -2.70. The van der Waals surface area contributed by atoms with E-state index >= 15 is 0 Å². The number of aliphatic hydroxyl groups is 1. The number of halogens is 1. The van der Waals surface area contributed by atoms with Crippen molar-refractivity contribution in [1.29, 1.82) is 0 Å². The van der Waals surface area contributed by atoms with Gasteiger partial charge in [-0.1, -0.05) is 42.5 Å². The molecular formula is C25H24FN3O2. The fourth-order valence-corrected chi connectivity index (χ4v) is 5.24. The summed E-state index contributed by atoms with van der Waals surface area (Å²) >= 11 is 0. The molecule has 5 rings (SSSR count). The molecule has 0 unspecified atom stereocenters. The molecule has 31 heavy (non-hydrogen) atoms. The van der Waals surface area contributed by atoms with Crippen LogP contribution in [0.15, 0.2) is 79.0 Å². The van der Waals surface area contributed by atoms with E-state index in [1.165, 1.54) is 12.1 Å². The second kappa shape index (κ2) is 7.87. The highest BCUT2D eigenvalue weighted by Crippen LogP contribution is 2.54. The normalized spacial score (nSPS) is 22.1. The monoisotopic (exact) mass is 417 g/mol. The Hall–Kier alpha value is -3.09. The molecule has 2 aliphatic rings. The first-order valence-electron chi connectivity index (χ1n) is 10.5. The van der Waals surface area contributed by atoms with Crippen LogP contribution in [0.5, 0.6) is 0 Å². The Morgan fingerprint density at radius 1 is 1.06 bits per heavy atom. The third-order valence-corrected chi connectivity index (χ3v) is 6.63. The maximum Gasteiger partial charge on any atom is 0.254 e. The fraction of sp³-hybridized carbons (Fsp3) is 0.280. The lowest BCUT2D eigenvalue weighted by molar-refractivity contribution is -0.184. The van der Waals surface area contributed by atoms with Gasteiger partial charge in [-0.2, -0.15) is 0 Å². The summed E-state index contributed by atoms with van der Waals surface area (Å²) in [5.41, 5.74) is 2.19. The van der Waals surface area contributed by atoms with Crippen LogP contribution < -0.4 is 0 Å². The molecule has 3 aromatic rings. The molecule has 2 aromatic carbocycles. The molecule has 1 N–H and O–H groups in total. The van der Waals surface area contributed by atoms with Crippen LogP contribution in [0.2, 0.25) is 0 Å². The fourth-order valence-electron chi connectivity index (χ4n) is 5.24. The van der Waals surface area contributed by atoms with Crippen molar-refractivity contribution in [1.82, 2.24) is 14.8 Å². The molecule has 0 saturated carbocycles. The van der Waals surface area contributed by atoms with Gasteiger partial charge in [0.05, 0.1) is 17.8 Å². The molecule has 1 spiro atoms. The molecule has 0 aliphatic carbocycles. The van der Waals surface area contributed by atoms with Gasteiger partial charge in [-0.3, -0.25) is 14.7 Å². The standard InChI is InChI=1S/C25H24FN3O2/c26-20-10-6-9-19(13-20)24(31)28-16-25(17-28)23(18-7-2-1-3-8-18)22(15-30)29(25)14-21-11-4-5-12-27-21/h1-13,22-23,30H,14-17H2/t22-,23+/m0/s1. The van der Waals surface area contributed by atoms with Gasteiger partial charge in [-0.25, -0.2) is 4.39 Å². The van der Waals surface area contributed by atoms with Crippen molar-refractivity contribution >= 4 is 5.91 Å².